The molecule has 0 saturated carbocycles. The number of hydrogen-bond donors (Lipinski definition) is 1. The van der Waals surface area contributed by atoms with Gasteiger partial charge in [-0.05, 0) is 68.9 Å². The molecule has 178 valence electrons. The van der Waals surface area contributed by atoms with Crippen LogP contribution in [0.1, 0.15) is 61.6 Å². The predicted molar refractivity (Wildman–Crippen MR) is 125 cm³/mol. The van der Waals surface area contributed by atoms with Crippen molar-refractivity contribution in [1.29, 1.82) is 0 Å². The molecular formula is C25H37F2N3O2. The first-order valence-corrected chi connectivity index (χ1v) is 11.4. The smallest absolute Gasteiger partial charge is 0.246 e. The van der Waals surface area contributed by atoms with Crippen molar-refractivity contribution in [2.75, 3.05) is 33.7 Å². The van der Waals surface area contributed by atoms with Crippen LogP contribution in [-0.2, 0) is 16.1 Å². The molecule has 2 rings (SSSR count). The molecule has 1 saturated heterocycles. The van der Waals surface area contributed by atoms with Gasteiger partial charge in [-0.3, -0.25) is 9.69 Å². The number of amides is 1. The van der Waals surface area contributed by atoms with Crippen molar-refractivity contribution < 1.29 is 18.4 Å². The first-order valence-electron chi connectivity index (χ1n) is 11.4. The minimum Gasteiger partial charge on any atom is -0.358 e. The number of nitrogens with one attached hydrogen (secondary N) is 1. The second-order valence-electron chi connectivity index (χ2n) is 8.89. The number of aldehydes is 1. The summed E-state index contributed by atoms with van der Waals surface area (Å²) < 4.78 is 26.3. The minimum atomic E-state index is -2.61. The van der Waals surface area contributed by atoms with E-state index < -0.39 is 5.92 Å². The number of hydrogen-bond acceptors (Lipinski definition) is 4. The van der Waals surface area contributed by atoms with Crippen LogP contribution in [0.5, 0.6) is 0 Å². The van der Waals surface area contributed by atoms with E-state index in [0.29, 0.717) is 31.8 Å². The molecule has 32 heavy (non-hydrogen) atoms. The quantitative estimate of drug-likeness (QED) is 0.489. The van der Waals surface area contributed by atoms with E-state index in [9.17, 15) is 18.4 Å². The molecule has 1 atom stereocenters. The normalized spacial score (nSPS) is 16.7. The Morgan fingerprint density at radius 1 is 1.38 bits per heavy atom. The fraction of sp³-hybridized carbons (Fsp3) is 0.600. The third kappa shape index (κ3) is 7.78. The van der Waals surface area contributed by atoms with Crippen molar-refractivity contribution in [3.05, 3.63) is 41.5 Å². The van der Waals surface area contributed by atoms with Gasteiger partial charge < -0.3 is 15.0 Å². The summed E-state index contributed by atoms with van der Waals surface area (Å²) in [5.41, 5.74) is 3.35. The summed E-state index contributed by atoms with van der Waals surface area (Å²) in [5, 5.41) is 2.69. The molecule has 1 amide bonds. The second-order valence-corrected chi connectivity index (χ2v) is 8.89. The van der Waals surface area contributed by atoms with Gasteiger partial charge >= 0.3 is 0 Å². The molecule has 1 N–H and O–H groups in total. The van der Waals surface area contributed by atoms with Gasteiger partial charge in [-0.1, -0.05) is 30.9 Å². The number of halogens is 2. The number of benzene rings is 1. The average Bonchev–Trinajstić information content (AvgIpc) is 2.77. The Kier molecular flexibility index (Phi) is 9.97. The maximum absolute atomic E-state index is 13.2. The van der Waals surface area contributed by atoms with E-state index in [-0.39, 0.29) is 18.4 Å². The van der Waals surface area contributed by atoms with Crippen molar-refractivity contribution >= 4 is 18.3 Å². The van der Waals surface area contributed by atoms with Crippen molar-refractivity contribution in [3.8, 4) is 0 Å². The van der Waals surface area contributed by atoms with Gasteiger partial charge in [0.2, 0.25) is 11.8 Å². The Morgan fingerprint density at radius 3 is 2.62 bits per heavy atom. The molecule has 1 aliphatic rings. The highest BCUT2D eigenvalue weighted by atomic mass is 19.3. The summed E-state index contributed by atoms with van der Waals surface area (Å²) in [4.78, 5) is 27.3. The van der Waals surface area contributed by atoms with Crippen LogP contribution < -0.4 is 5.32 Å². The molecule has 1 heterocycles. The van der Waals surface area contributed by atoms with Crippen LogP contribution in [0.15, 0.2) is 24.8 Å². The lowest BCUT2D eigenvalue weighted by molar-refractivity contribution is -0.126. The largest absolute Gasteiger partial charge is 0.358 e. The number of rotatable bonds is 12. The standard InChI is InChI=1S/C25H37F2N3O2/c1-5-19-8-9-21(20-10-13-30(14-11-20)15-12-25(2,26)27)17-22(19)18-29(4)23(7-6-16-31)24(32)28-3/h5,8-9,16-17,20,23H,1,6-7,10-15,18H2,2-4H3,(H,28,32). The van der Waals surface area contributed by atoms with Gasteiger partial charge in [0.1, 0.15) is 6.29 Å². The Balaban J connectivity index is 2.08. The molecule has 0 bridgehead atoms. The van der Waals surface area contributed by atoms with Crippen LogP contribution >= 0.6 is 0 Å². The van der Waals surface area contributed by atoms with Gasteiger partial charge in [-0.2, -0.15) is 0 Å². The highest BCUT2D eigenvalue weighted by Gasteiger charge is 2.26. The van der Waals surface area contributed by atoms with Crippen LogP contribution in [0.3, 0.4) is 0 Å². The van der Waals surface area contributed by atoms with Crippen molar-refractivity contribution in [3.63, 3.8) is 0 Å². The lowest BCUT2D eigenvalue weighted by Gasteiger charge is -2.33. The SMILES string of the molecule is C=Cc1ccc(C2CCN(CCC(C)(F)F)CC2)cc1CN(C)C(CCC=O)C(=O)NC. The van der Waals surface area contributed by atoms with Crippen molar-refractivity contribution in [1.82, 2.24) is 15.1 Å². The lowest BCUT2D eigenvalue weighted by Crippen LogP contribution is -2.43. The number of piperidine rings is 1. The van der Waals surface area contributed by atoms with Crippen LogP contribution in [-0.4, -0.2) is 67.7 Å². The molecule has 1 aromatic carbocycles. The fourth-order valence-electron chi connectivity index (χ4n) is 4.38. The second kappa shape index (κ2) is 12.2. The number of carbonyl (C=O) groups is 2. The van der Waals surface area contributed by atoms with Crippen LogP contribution in [0, 0.1) is 0 Å². The summed E-state index contributed by atoms with van der Waals surface area (Å²) in [6.07, 6.45) is 5.25. The maximum Gasteiger partial charge on any atom is 0.246 e. The van der Waals surface area contributed by atoms with Crippen LogP contribution in [0.25, 0.3) is 6.08 Å². The van der Waals surface area contributed by atoms with Crippen molar-refractivity contribution in [2.24, 2.45) is 0 Å². The molecule has 1 fully saturated rings. The summed E-state index contributed by atoms with van der Waals surface area (Å²) in [5.74, 6) is -2.33. The first-order chi connectivity index (χ1) is 15.2. The van der Waals surface area contributed by atoms with Gasteiger partial charge in [-0.15, -0.1) is 0 Å². The molecule has 0 radical (unpaired) electrons. The fourth-order valence-corrected chi connectivity index (χ4v) is 4.38. The van der Waals surface area contributed by atoms with Crippen molar-refractivity contribution in [2.45, 2.75) is 63.5 Å². The van der Waals surface area contributed by atoms with E-state index in [2.05, 4.69) is 35.0 Å². The van der Waals surface area contributed by atoms with Gasteiger partial charge in [0, 0.05) is 33.0 Å². The Morgan fingerprint density at radius 2 is 2.06 bits per heavy atom. The van der Waals surface area contributed by atoms with E-state index >= 15 is 0 Å². The summed E-state index contributed by atoms with van der Waals surface area (Å²) in [6, 6.07) is 6.00. The van der Waals surface area contributed by atoms with E-state index in [1.807, 2.05) is 18.0 Å². The maximum atomic E-state index is 13.2. The lowest BCUT2D eigenvalue weighted by atomic mass is 9.87. The highest BCUT2D eigenvalue weighted by Crippen LogP contribution is 2.31. The van der Waals surface area contributed by atoms with Crippen LogP contribution in [0.4, 0.5) is 8.78 Å². The summed E-state index contributed by atoms with van der Waals surface area (Å²) in [6.45, 7) is 7.55. The van der Waals surface area contributed by atoms with E-state index in [1.54, 1.807) is 7.05 Å². The number of alkyl halides is 2. The van der Waals surface area contributed by atoms with Crippen LogP contribution in [0.2, 0.25) is 0 Å². The first kappa shape index (κ1) is 26.1. The number of nitrogens with zero attached hydrogens (tertiary/aromatic N) is 2. The number of likely N-dealkylation sites (N-methyl/N-ethyl adjacent to an activating group) is 2. The van der Waals surface area contributed by atoms with Gasteiger partial charge in [0.25, 0.3) is 0 Å². The summed E-state index contributed by atoms with van der Waals surface area (Å²) in [7, 11) is 3.50. The zero-order chi connectivity index (χ0) is 23.7. The van der Waals surface area contributed by atoms with Gasteiger partial charge in [-0.25, -0.2) is 8.78 Å². The van der Waals surface area contributed by atoms with E-state index in [1.165, 1.54) is 5.56 Å². The summed E-state index contributed by atoms with van der Waals surface area (Å²) >= 11 is 0. The highest BCUT2D eigenvalue weighted by molar-refractivity contribution is 5.81. The monoisotopic (exact) mass is 449 g/mol. The number of carbonyl (C=O) groups excluding carboxylic acids is 2. The molecule has 5 nitrogen and oxygen atoms in total. The van der Waals surface area contributed by atoms with Gasteiger partial charge in [0.15, 0.2) is 0 Å². The number of likely N-dealkylation sites (tertiary alicyclic amines) is 1. The zero-order valence-electron chi connectivity index (χ0n) is 19.6. The van der Waals surface area contributed by atoms with E-state index in [0.717, 1.165) is 50.3 Å². The molecule has 1 unspecified atom stereocenters. The Labute approximate surface area is 190 Å². The third-order valence-corrected chi connectivity index (χ3v) is 6.37. The zero-order valence-corrected chi connectivity index (χ0v) is 19.6. The third-order valence-electron chi connectivity index (χ3n) is 6.37. The predicted octanol–water partition coefficient (Wildman–Crippen LogP) is 4.08. The van der Waals surface area contributed by atoms with E-state index in [4.69, 9.17) is 0 Å². The molecule has 1 aromatic rings. The minimum absolute atomic E-state index is 0.0984. The molecule has 7 heteroatoms. The topological polar surface area (TPSA) is 52.7 Å². The Hall–Kier alpha value is -2.12. The Bertz CT molecular complexity index is 771. The van der Waals surface area contributed by atoms with Gasteiger partial charge in [0.05, 0.1) is 6.04 Å². The molecule has 0 spiro atoms. The molecular weight excluding hydrogens is 412 g/mol. The average molecular weight is 450 g/mol. The molecule has 0 aliphatic carbocycles. The molecule has 0 aromatic heterocycles. The molecule has 1 aliphatic heterocycles.